The van der Waals surface area contributed by atoms with Crippen molar-refractivity contribution in [2.75, 3.05) is 18.4 Å². The third-order valence-electron chi connectivity index (χ3n) is 3.82. The summed E-state index contributed by atoms with van der Waals surface area (Å²) in [6, 6.07) is 11.7. The zero-order valence-electron chi connectivity index (χ0n) is 12.0. The van der Waals surface area contributed by atoms with Gasteiger partial charge in [0.05, 0.1) is 5.69 Å². The molecule has 1 amide bonds. The first-order valence-electron chi connectivity index (χ1n) is 7.43. The summed E-state index contributed by atoms with van der Waals surface area (Å²) < 4.78 is 1.76. The first-order chi connectivity index (χ1) is 10.3. The van der Waals surface area contributed by atoms with Crippen LogP contribution >= 0.6 is 0 Å². The average Bonchev–Trinajstić information content (AvgIpc) is 3.17. The maximum Gasteiger partial charge on any atom is 0.225 e. The highest BCUT2D eigenvalue weighted by atomic mass is 16.1. The maximum atomic E-state index is 11.9. The van der Waals surface area contributed by atoms with E-state index < -0.39 is 0 Å². The number of benzene rings is 1. The van der Waals surface area contributed by atoms with E-state index in [-0.39, 0.29) is 5.91 Å². The highest BCUT2D eigenvalue weighted by molar-refractivity contribution is 5.89. The average molecular weight is 284 g/mol. The summed E-state index contributed by atoms with van der Waals surface area (Å²) in [6.07, 6.45) is 4.53. The van der Waals surface area contributed by atoms with E-state index in [0.29, 0.717) is 18.2 Å². The van der Waals surface area contributed by atoms with Gasteiger partial charge in [-0.3, -0.25) is 4.79 Å². The topological polar surface area (TPSA) is 59.0 Å². The number of aromatic nitrogens is 2. The Hall–Kier alpha value is -2.14. The van der Waals surface area contributed by atoms with Crippen LogP contribution in [0.15, 0.2) is 42.6 Å². The number of amides is 1. The highest BCUT2D eigenvalue weighted by Crippen LogP contribution is 2.15. The van der Waals surface area contributed by atoms with Crippen LogP contribution in [0.4, 0.5) is 5.82 Å². The molecule has 1 fully saturated rings. The van der Waals surface area contributed by atoms with Gasteiger partial charge in [0, 0.05) is 18.7 Å². The van der Waals surface area contributed by atoms with Crippen molar-refractivity contribution in [2.45, 2.75) is 19.3 Å². The fourth-order valence-electron chi connectivity index (χ4n) is 2.62. The summed E-state index contributed by atoms with van der Waals surface area (Å²) in [5, 5.41) is 10.6. The van der Waals surface area contributed by atoms with Gasteiger partial charge >= 0.3 is 0 Å². The number of para-hydroxylation sites is 1. The van der Waals surface area contributed by atoms with Crippen LogP contribution in [-0.4, -0.2) is 28.8 Å². The van der Waals surface area contributed by atoms with E-state index in [2.05, 4.69) is 15.7 Å². The molecule has 5 heteroatoms. The lowest BCUT2D eigenvalue weighted by Crippen LogP contribution is -2.15. The molecule has 0 aliphatic carbocycles. The van der Waals surface area contributed by atoms with Crippen LogP contribution in [0.5, 0.6) is 0 Å². The number of hydrogen-bond acceptors (Lipinski definition) is 3. The van der Waals surface area contributed by atoms with Crippen molar-refractivity contribution >= 4 is 11.7 Å². The number of nitrogens with zero attached hydrogens (tertiary/aromatic N) is 2. The largest absolute Gasteiger partial charge is 0.316 e. The van der Waals surface area contributed by atoms with Gasteiger partial charge in [-0.25, -0.2) is 4.68 Å². The molecule has 21 heavy (non-hydrogen) atoms. The lowest BCUT2D eigenvalue weighted by atomic mass is 10.0. The Labute approximate surface area is 124 Å². The predicted octanol–water partition coefficient (Wildman–Crippen LogP) is 2.20. The summed E-state index contributed by atoms with van der Waals surface area (Å²) in [7, 11) is 0. The van der Waals surface area contributed by atoms with Crippen molar-refractivity contribution in [1.82, 2.24) is 15.1 Å². The number of nitrogens with one attached hydrogen (secondary N) is 2. The van der Waals surface area contributed by atoms with Gasteiger partial charge < -0.3 is 10.6 Å². The van der Waals surface area contributed by atoms with Crippen molar-refractivity contribution < 1.29 is 4.79 Å². The van der Waals surface area contributed by atoms with Crippen molar-refractivity contribution in [2.24, 2.45) is 5.92 Å². The second-order valence-corrected chi connectivity index (χ2v) is 5.43. The minimum Gasteiger partial charge on any atom is -0.316 e. The van der Waals surface area contributed by atoms with Gasteiger partial charge in [0.25, 0.3) is 0 Å². The van der Waals surface area contributed by atoms with Gasteiger partial charge in [-0.15, -0.1) is 0 Å². The molecule has 0 bridgehead atoms. The van der Waals surface area contributed by atoms with Crippen molar-refractivity contribution in [3.05, 3.63) is 42.6 Å². The molecule has 2 aromatic rings. The molecule has 1 atom stereocenters. The van der Waals surface area contributed by atoms with E-state index in [0.717, 1.165) is 25.2 Å². The van der Waals surface area contributed by atoms with Crippen molar-refractivity contribution in [3.8, 4) is 5.69 Å². The monoisotopic (exact) mass is 284 g/mol. The van der Waals surface area contributed by atoms with Crippen LogP contribution in [0.2, 0.25) is 0 Å². The Morgan fingerprint density at radius 2 is 2.19 bits per heavy atom. The summed E-state index contributed by atoms with van der Waals surface area (Å²) in [5.74, 6) is 1.28. The van der Waals surface area contributed by atoms with Crippen molar-refractivity contribution in [3.63, 3.8) is 0 Å². The van der Waals surface area contributed by atoms with Gasteiger partial charge in [0.15, 0.2) is 5.82 Å². The van der Waals surface area contributed by atoms with Crippen LogP contribution in [0.25, 0.3) is 5.69 Å². The van der Waals surface area contributed by atoms with Crippen LogP contribution < -0.4 is 10.6 Å². The second-order valence-electron chi connectivity index (χ2n) is 5.43. The second kappa shape index (κ2) is 6.54. The van der Waals surface area contributed by atoms with Gasteiger partial charge in [-0.1, -0.05) is 18.2 Å². The lowest BCUT2D eigenvalue weighted by molar-refractivity contribution is -0.116. The Bertz CT molecular complexity index is 587. The molecule has 1 unspecified atom stereocenters. The number of carbonyl (C=O) groups is 1. The molecule has 1 aromatic heterocycles. The van der Waals surface area contributed by atoms with Crippen LogP contribution in [0, 0.1) is 5.92 Å². The fraction of sp³-hybridized carbons (Fsp3) is 0.375. The Morgan fingerprint density at radius 1 is 1.33 bits per heavy atom. The summed E-state index contributed by atoms with van der Waals surface area (Å²) >= 11 is 0. The van der Waals surface area contributed by atoms with E-state index in [1.807, 2.05) is 42.6 Å². The van der Waals surface area contributed by atoms with Crippen LogP contribution in [0.3, 0.4) is 0 Å². The molecule has 0 saturated carbocycles. The SMILES string of the molecule is O=C(CCC1CCNC1)Nc1ccn(-c2ccccc2)n1. The first kappa shape index (κ1) is 13.8. The molecule has 3 rings (SSSR count). The van der Waals surface area contributed by atoms with E-state index in [1.165, 1.54) is 6.42 Å². The smallest absolute Gasteiger partial charge is 0.225 e. The molecule has 0 spiro atoms. The third kappa shape index (κ3) is 3.70. The zero-order valence-corrected chi connectivity index (χ0v) is 12.0. The fourth-order valence-corrected chi connectivity index (χ4v) is 2.62. The van der Waals surface area contributed by atoms with Crippen LogP contribution in [0.1, 0.15) is 19.3 Å². The standard InChI is InChI=1S/C16H20N4O/c21-16(7-6-13-8-10-17-12-13)18-15-9-11-20(19-15)14-4-2-1-3-5-14/h1-5,9,11,13,17H,6-8,10,12H2,(H,18,19,21). The number of rotatable bonds is 5. The highest BCUT2D eigenvalue weighted by Gasteiger charge is 2.16. The Balaban J connectivity index is 1.53. The molecule has 1 aliphatic heterocycles. The van der Waals surface area contributed by atoms with Gasteiger partial charge in [-0.2, -0.15) is 5.10 Å². The predicted molar refractivity (Wildman–Crippen MR) is 82.4 cm³/mol. The minimum atomic E-state index is 0.0419. The van der Waals surface area contributed by atoms with Gasteiger partial charge in [0.2, 0.25) is 5.91 Å². The minimum absolute atomic E-state index is 0.0419. The normalized spacial score (nSPS) is 17.8. The zero-order chi connectivity index (χ0) is 14.5. The first-order valence-corrected chi connectivity index (χ1v) is 7.43. The maximum absolute atomic E-state index is 11.9. The lowest BCUT2D eigenvalue weighted by Gasteiger charge is -2.07. The summed E-state index contributed by atoms with van der Waals surface area (Å²) in [5.41, 5.74) is 0.982. The molecular formula is C16H20N4O. The number of anilines is 1. The van der Waals surface area contributed by atoms with E-state index >= 15 is 0 Å². The van der Waals surface area contributed by atoms with Gasteiger partial charge in [-0.05, 0) is 44.0 Å². The summed E-state index contributed by atoms with van der Waals surface area (Å²) in [4.78, 5) is 11.9. The molecule has 1 aromatic carbocycles. The molecule has 2 N–H and O–H groups in total. The van der Waals surface area contributed by atoms with E-state index in [1.54, 1.807) is 4.68 Å². The molecule has 1 saturated heterocycles. The molecule has 0 radical (unpaired) electrons. The number of hydrogen-bond donors (Lipinski definition) is 2. The summed E-state index contributed by atoms with van der Waals surface area (Å²) in [6.45, 7) is 2.11. The molecule has 110 valence electrons. The Morgan fingerprint density at radius 3 is 2.95 bits per heavy atom. The molecule has 2 heterocycles. The quantitative estimate of drug-likeness (QED) is 0.885. The van der Waals surface area contributed by atoms with E-state index in [9.17, 15) is 4.79 Å². The van der Waals surface area contributed by atoms with Gasteiger partial charge in [0.1, 0.15) is 0 Å². The van der Waals surface area contributed by atoms with Crippen molar-refractivity contribution in [1.29, 1.82) is 0 Å². The van der Waals surface area contributed by atoms with Crippen LogP contribution in [-0.2, 0) is 4.79 Å². The number of carbonyl (C=O) groups excluding carboxylic acids is 1. The third-order valence-corrected chi connectivity index (χ3v) is 3.82. The Kier molecular flexibility index (Phi) is 4.31. The molecule has 5 nitrogen and oxygen atoms in total. The molecule has 1 aliphatic rings. The van der Waals surface area contributed by atoms with E-state index in [4.69, 9.17) is 0 Å². The molecular weight excluding hydrogens is 264 g/mol.